The second-order valence-electron chi connectivity index (χ2n) is 6.31. The molecule has 2 atom stereocenters. The van der Waals surface area contributed by atoms with Gasteiger partial charge in [0.1, 0.15) is 0 Å². The number of rotatable bonds is 8. The highest BCUT2D eigenvalue weighted by atomic mass is 16.5. The molecular weight excluding hydrogens is 290 g/mol. The number of ether oxygens (including phenoxy) is 3. The van der Waals surface area contributed by atoms with Crippen LogP contribution in [0, 0.1) is 5.92 Å². The molecule has 1 aromatic rings. The van der Waals surface area contributed by atoms with Gasteiger partial charge in [-0.3, -0.25) is 0 Å². The van der Waals surface area contributed by atoms with Gasteiger partial charge in [-0.25, -0.2) is 0 Å². The van der Waals surface area contributed by atoms with Crippen LogP contribution in [0.1, 0.15) is 56.8 Å². The number of hydrogen-bond donors (Lipinski definition) is 1. The Hall–Kier alpha value is -1.26. The molecule has 1 heterocycles. The van der Waals surface area contributed by atoms with Crippen LogP contribution in [0.5, 0.6) is 11.5 Å². The molecule has 0 spiro atoms. The highest BCUT2D eigenvalue weighted by Crippen LogP contribution is 2.43. The van der Waals surface area contributed by atoms with E-state index >= 15 is 0 Å². The Balaban J connectivity index is 2.38. The average molecular weight is 321 g/mol. The van der Waals surface area contributed by atoms with Crippen LogP contribution in [0.4, 0.5) is 0 Å². The predicted octanol–water partition coefficient (Wildman–Crippen LogP) is 3.86. The summed E-state index contributed by atoms with van der Waals surface area (Å²) < 4.78 is 17.5. The first-order valence-corrected chi connectivity index (χ1v) is 8.79. The molecule has 0 saturated carbocycles. The molecule has 0 radical (unpaired) electrons. The third-order valence-electron chi connectivity index (χ3n) is 4.83. The van der Waals surface area contributed by atoms with Crippen molar-refractivity contribution in [1.29, 1.82) is 0 Å². The quantitative estimate of drug-likeness (QED) is 0.790. The van der Waals surface area contributed by atoms with Gasteiger partial charge in [0.25, 0.3) is 0 Å². The lowest BCUT2D eigenvalue weighted by molar-refractivity contribution is -0.0559. The van der Waals surface area contributed by atoms with Gasteiger partial charge < -0.3 is 19.9 Å². The average Bonchev–Trinajstić information content (AvgIpc) is 2.59. The summed E-state index contributed by atoms with van der Waals surface area (Å²) in [5.74, 6) is 2.19. The molecule has 1 aliphatic heterocycles. The normalized spacial score (nSPS) is 20.4. The van der Waals surface area contributed by atoms with Crippen molar-refractivity contribution >= 4 is 0 Å². The molecule has 2 rings (SSSR count). The van der Waals surface area contributed by atoms with Crippen LogP contribution in [0.25, 0.3) is 0 Å². The lowest BCUT2D eigenvalue weighted by atomic mass is 9.84. The van der Waals surface area contributed by atoms with E-state index in [0.29, 0.717) is 12.5 Å². The summed E-state index contributed by atoms with van der Waals surface area (Å²) in [6.45, 7) is 4.97. The Kier molecular flexibility index (Phi) is 6.72. The molecule has 0 aliphatic carbocycles. The minimum Gasteiger partial charge on any atom is -0.493 e. The van der Waals surface area contributed by atoms with Gasteiger partial charge in [0.15, 0.2) is 11.5 Å². The van der Waals surface area contributed by atoms with E-state index in [4.69, 9.17) is 19.9 Å². The van der Waals surface area contributed by atoms with E-state index in [9.17, 15) is 0 Å². The summed E-state index contributed by atoms with van der Waals surface area (Å²) in [4.78, 5) is 0. The van der Waals surface area contributed by atoms with Gasteiger partial charge in [0, 0.05) is 18.5 Å². The van der Waals surface area contributed by atoms with Crippen molar-refractivity contribution in [1.82, 2.24) is 0 Å². The van der Waals surface area contributed by atoms with Crippen molar-refractivity contribution in [3.8, 4) is 11.5 Å². The van der Waals surface area contributed by atoms with Crippen molar-refractivity contribution in [3.63, 3.8) is 0 Å². The number of nitrogens with two attached hydrogens (primary N) is 1. The topological polar surface area (TPSA) is 53.7 Å². The van der Waals surface area contributed by atoms with Crippen molar-refractivity contribution in [3.05, 3.63) is 23.3 Å². The molecule has 1 aliphatic rings. The Morgan fingerprint density at radius 1 is 1.17 bits per heavy atom. The van der Waals surface area contributed by atoms with E-state index in [-0.39, 0.29) is 12.2 Å². The van der Waals surface area contributed by atoms with Crippen LogP contribution in [-0.4, -0.2) is 26.9 Å². The first-order chi connectivity index (χ1) is 11.2. The van der Waals surface area contributed by atoms with Crippen molar-refractivity contribution in [2.24, 2.45) is 11.7 Å². The summed E-state index contributed by atoms with van der Waals surface area (Å²) in [5, 5.41) is 0. The molecule has 1 aromatic carbocycles. The highest BCUT2D eigenvalue weighted by molar-refractivity contribution is 5.52. The van der Waals surface area contributed by atoms with Gasteiger partial charge in [-0.1, -0.05) is 32.8 Å². The maximum absolute atomic E-state index is 6.38. The van der Waals surface area contributed by atoms with Gasteiger partial charge in [0.05, 0.1) is 26.4 Å². The monoisotopic (exact) mass is 321 g/mol. The summed E-state index contributed by atoms with van der Waals surface area (Å²) in [6, 6.07) is 4.01. The van der Waals surface area contributed by atoms with Crippen LogP contribution in [-0.2, 0) is 11.2 Å². The molecule has 4 heteroatoms. The SMILES string of the molecule is CCCC(CCC)C1Cc2c(ccc(OC)c2OC)C(CN)O1. The van der Waals surface area contributed by atoms with Crippen LogP contribution >= 0.6 is 0 Å². The fraction of sp³-hybridized carbons (Fsp3) is 0.684. The molecule has 2 N–H and O–H groups in total. The maximum atomic E-state index is 6.38. The van der Waals surface area contributed by atoms with Crippen LogP contribution in [0.15, 0.2) is 12.1 Å². The molecule has 4 nitrogen and oxygen atoms in total. The minimum absolute atomic E-state index is 0.0558. The molecule has 0 aromatic heterocycles. The molecular formula is C19H31NO3. The smallest absolute Gasteiger partial charge is 0.164 e. The first-order valence-electron chi connectivity index (χ1n) is 8.79. The Labute approximate surface area is 140 Å². The van der Waals surface area contributed by atoms with Crippen molar-refractivity contribution < 1.29 is 14.2 Å². The summed E-state index contributed by atoms with van der Waals surface area (Å²) >= 11 is 0. The summed E-state index contributed by atoms with van der Waals surface area (Å²) in [7, 11) is 3.38. The number of fused-ring (bicyclic) bond motifs is 1. The van der Waals surface area contributed by atoms with E-state index in [2.05, 4.69) is 19.9 Å². The van der Waals surface area contributed by atoms with Crippen LogP contribution in [0.3, 0.4) is 0 Å². The summed E-state index contributed by atoms with van der Waals surface area (Å²) in [6.07, 6.45) is 5.77. The lowest BCUT2D eigenvalue weighted by Gasteiger charge is -2.37. The number of hydrogen-bond acceptors (Lipinski definition) is 4. The van der Waals surface area contributed by atoms with E-state index < -0.39 is 0 Å². The molecule has 130 valence electrons. The Morgan fingerprint density at radius 3 is 2.39 bits per heavy atom. The summed E-state index contributed by atoms with van der Waals surface area (Å²) in [5.41, 5.74) is 8.34. The zero-order valence-electron chi connectivity index (χ0n) is 14.9. The maximum Gasteiger partial charge on any atom is 0.164 e. The first kappa shape index (κ1) is 18.1. The molecule has 0 fully saturated rings. The van der Waals surface area contributed by atoms with Gasteiger partial charge in [-0.05, 0) is 30.4 Å². The second-order valence-corrected chi connectivity index (χ2v) is 6.31. The third kappa shape index (κ3) is 3.81. The number of methoxy groups -OCH3 is 2. The van der Waals surface area contributed by atoms with Crippen LogP contribution in [0.2, 0.25) is 0 Å². The molecule has 0 amide bonds. The Morgan fingerprint density at radius 2 is 1.87 bits per heavy atom. The predicted molar refractivity (Wildman–Crippen MR) is 93.2 cm³/mol. The van der Waals surface area contributed by atoms with Crippen LogP contribution < -0.4 is 15.2 Å². The van der Waals surface area contributed by atoms with Gasteiger partial charge in [0.2, 0.25) is 0 Å². The lowest BCUT2D eigenvalue weighted by Crippen LogP contribution is -2.35. The molecule has 23 heavy (non-hydrogen) atoms. The number of benzene rings is 1. The van der Waals surface area contributed by atoms with Gasteiger partial charge in [-0.2, -0.15) is 0 Å². The fourth-order valence-corrected chi connectivity index (χ4v) is 3.77. The molecule has 0 bridgehead atoms. The van der Waals surface area contributed by atoms with E-state index in [1.165, 1.54) is 31.2 Å². The van der Waals surface area contributed by atoms with E-state index in [1.54, 1.807) is 14.2 Å². The fourth-order valence-electron chi connectivity index (χ4n) is 3.77. The standard InChI is InChI=1S/C19H31NO3/c1-5-7-13(8-6-2)17-11-15-14(18(12-20)23-17)9-10-16(21-3)19(15)22-4/h9-10,13,17-18H,5-8,11-12,20H2,1-4H3. The van der Waals surface area contributed by atoms with Crippen molar-refractivity contribution in [2.45, 2.75) is 58.2 Å². The molecule has 2 unspecified atom stereocenters. The Bertz CT molecular complexity index is 498. The van der Waals surface area contributed by atoms with E-state index in [0.717, 1.165) is 23.5 Å². The zero-order chi connectivity index (χ0) is 16.8. The second kappa shape index (κ2) is 8.55. The van der Waals surface area contributed by atoms with E-state index in [1.807, 2.05) is 6.07 Å². The third-order valence-corrected chi connectivity index (χ3v) is 4.83. The minimum atomic E-state index is -0.0558. The highest BCUT2D eigenvalue weighted by Gasteiger charge is 2.34. The van der Waals surface area contributed by atoms with Gasteiger partial charge >= 0.3 is 0 Å². The van der Waals surface area contributed by atoms with Crippen molar-refractivity contribution in [2.75, 3.05) is 20.8 Å². The molecule has 0 saturated heterocycles. The largest absolute Gasteiger partial charge is 0.493 e. The van der Waals surface area contributed by atoms with Gasteiger partial charge in [-0.15, -0.1) is 0 Å². The zero-order valence-corrected chi connectivity index (χ0v) is 14.9.